The van der Waals surface area contributed by atoms with Gasteiger partial charge in [-0.3, -0.25) is 4.98 Å². The van der Waals surface area contributed by atoms with Crippen molar-refractivity contribution in [1.29, 1.82) is 5.26 Å². The highest BCUT2D eigenvalue weighted by molar-refractivity contribution is 5.93. The number of anilines is 1. The lowest BCUT2D eigenvalue weighted by molar-refractivity contribution is 0.633. The average molecular weight is 355 g/mol. The Morgan fingerprint density at radius 2 is 1.85 bits per heavy atom. The summed E-state index contributed by atoms with van der Waals surface area (Å²) in [7, 11) is 1.74. The lowest BCUT2D eigenvalue weighted by atomic mass is 10.0. The Balaban J connectivity index is 1.92. The van der Waals surface area contributed by atoms with Crippen LogP contribution >= 0.6 is 0 Å². The highest BCUT2D eigenvalue weighted by Crippen LogP contribution is 2.31. The number of nitrogens with zero attached hydrogens (tertiary/aromatic N) is 4. The first-order valence-corrected chi connectivity index (χ1v) is 8.29. The summed E-state index contributed by atoms with van der Waals surface area (Å²) in [5, 5.41) is 12.5. The number of nitriles is 1. The molecule has 2 aromatic carbocycles. The molecule has 5 nitrogen and oxygen atoms in total. The second-order valence-electron chi connectivity index (χ2n) is 5.93. The van der Waals surface area contributed by atoms with Crippen LogP contribution in [0, 0.1) is 17.1 Å². The number of fused-ring (bicyclic) bond motifs is 1. The van der Waals surface area contributed by atoms with Crippen molar-refractivity contribution < 1.29 is 4.39 Å². The van der Waals surface area contributed by atoms with E-state index in [9.17, 15) is 4.39 Å². The molecule has 0 bridgehead atoms. The van der Waals surface area contributed by atoms with E-state index >= 15 is 0 Å². The van der Waals surface area contributed by atoms with Crippen molar-refractivity contribution in [2.75, 3.05) is 12.4 Å². The molecule has 0 amide bonds. The van der Waals surface area contributed by atoms with Crippen LogP contribution in [-0.4, -0.2) is 22.0 Å². The van der Waals surface area contributed by atoms with Gasteiger partial charge in [0.05, 0.1) is 17.1 Å². The Morgan fingerprint density at radius 1 is 1.04 bits per heavy atom. The Bertz CT molecular complexity index is 1170. The van der Waals surface area contributed by atoms with Gasteiger partial charge in [-0.15, -0.1) is 0 Å². The number of rotatable bonds is 3. The number of hydrogen-bond acceptors (Lipinski definition) is 5. The molecule has 130 valence electrons. The normalized spacial score (nSPS) is 10.6. The van der Waals surface area contributed by atoms with Gasteiger partial charge in [0.25, 0.3) is 0 Å². The van der Waals surface area contributed by atoms with Crippen molar-refractivity contribution >= 4 is 16.7 Å². The topological polar surface area (TPSA) is 74.5 Å². The molecule has 2 aromatic heterocycles. The molecule has 4 rings (SSSR count). The summed E-state index contributed by atoms with van der Waals surface area (Å²) in [5.41, 5.74) is 3.03. The van der Waals surface area contributed by atoms with Crippen LogP contribution in [0.3, 0.4) is 0 Å². The third-order valence-corrected chi connectivity index (χ3v) is 4.27. The first-order chi connectivity index (χ1) is 13.2. The van der Waals surface area contributed by atoms with Gasteiger partial charge in [-0.05, 0) is 42.0 Å². The van der Waals surface area contributed by atoms with E-state index in [0.717, 1.165) is 5.56 Å². The summed E-state index contributed by atoms with van der Waals surface area (Å²) in [5.74, 6) is 0.683. The van der Waals surface area contributed by atoms with Gasteiger partial charge in [0, 0.05) is 36.0 Å². The van der Waals surface area contributed by atoms with Crippen molar-refractivity contribution in [3.05, 3.63) is 72.3 Å². The average Bonchev–Trinajstić information content (AvgIpc) is 2.73. The monoisotopic (exact) mass is 355 g/mol. The molecule has 0 saturated heterocycles. The van der Waals surface area contributed by atoms with Crippen LogP contribution in [0.2, 0.25) is 0 Å². The van der Waals surface area contributed by atoms with Gasteiger partial charge in [0.2, 0.25) is 0 Å². The van der Waals surface area contributed by atoms with Crippen molar-refractivity contribution in [3.63, 3.8) is 0 Å². The van der Waals surface area contributed by atoms with E-state index in [4.69, 9.17) is 5.26 Å². The molecular formula is C21H14FN5. The van der Waals surface area contributed by atoms with Crippen LogP contribution in [0.1, 0.15) is 5.56 Å². The smallest absolute Gasteiger partial charge is 0.163 e. The maximum absolute atomic E-state index is 14.8. The van der Waals surface area contributed by atoms with E-state index in [-0.39, 0.29) is 5.82 Å². The molecule has 0 aliphatic rings. The van der Waals surface area contributed by atoms with Crippen molar-refractivity contribution in [1.82, 2.24) is 15.0 Å². The Hall–Kier alpha value is -3.85. The predicted octanol–water partition coefficient (Wildman–Crippen LogP) is 4.41. The molecule has 6 heteroatoms. The molecule has 0 spiro atoms. The zero-order valence-corrected chi connectivity index (χ0v) is 14.4. The van der Waals surface area contributed by atoms with E-state index in [1.54, 1.807) is 49.8 Å². The molecule has 27 heavy (non-hydrogen) atoms. The van der Waals surface area contributed by atoms with Gasteiger partial charge in [0.15, 0.2) is 5.82 Å². The third-order valence-electron chi connectivity index (χ3n) is 4.27. The van der Waals surface area contributed by atoms with Crippen LogP contribution in [-0.2, 0) is 0 Å². The molecule has 0 fully saturated rings. The van der Waals surface area contributed by atoms with Gasteiger partial charge in [-0.1, -0.05) is 12.1 Å². The van der Waals surface area contributed by atoms with E-state index in [2.05, 4.69) is 26.3 Å². The van der Waals surface area contributed by atoms with E-state index in [0.29, 0.717) is 39.2 Å². The minimum atomic E-state index is -0.374. The minimum absolute atomic E-state index is 0.374. The zero-order valence-electron chi connectivity index (χ0n) is 14.4. The highest BCUT2D eigenvalue weighted by Gasteiger charge is 2.14. The van der Waals surface area contributed by atoms with Crippen LogP contribution in [0.4, 0.5) is 10.2 Å². The van der Waals surface area contributed by atoms with E-state index < -0.39 is 0 Å². The molecule has 0 radical (unpaired) electrons. The molecule has 4 aromatic rings. The first kappa shape index (κ1) is 16.6. The number of benzene rings is 2. The van der Waals surface area contributed by atoms with Crippen molar-refractivity contribution in [2.45, 2.75) is 0 Å². The number of halogens is 1. The number of aromatic nitrogens is 3. The third kappa shape index (κ3) is 3.07. The van der Waals surface area contributed by atoms with Gasteiger partial charge in [-0.2, -0.15) is 5.26 Å². The van der Waals surface area contributed by atoms with E-state index in [1.807, 2.05) is 12.1 Å². The summed E-state index contributed by atoms with van der Waals surface area (Å²) in [6.07, 6.45) is 3.37. The maximum Gasteiger partial charge on any atom is 0.163 e. The van der Waals surface area contributed by atoms with Crippen molar-refractivity contribution in [2.24, 2.45) is 0 Å². The predicted molar refractivity (Wildman–Crippen MR) is 102 cm³/mol. The van der Waals surface area contributed by atoms with Crippen LogP contribution in [0.5, 0.6) is 0 Å². The number of nitrogens with one attached hydrogen (secondary N) is 1. The molecule has 0 saturated carbocycles. The van der Waals surface area contributed by atoms with Gasteiger partial charge < -0.3 is 5.32 Å². The zero-order chi connectivity index (χ0) is 18.8. The lowest BCUT2D eigenvalue weighted by Gasteiger charge is -2.11. The van der Waals surface area contributed by atoms with Crippen LogP contribution in [0.25, 0.3) is 33.4 Å². The maximum atomic E-state index is 14.8. The second kappa shape index (κ2) is 6.81. The number of hydrogen-bond donors (Lipinski definition) is 1. The SMILES string of the molecule is CNc1nc(-c2cccnc2)nc2cc(-c3ccc(C#N)cc3)c(F)cc12. The van der Waals surface area contributed by atoms with Gasteiger partial charge >= 0.3 is 0 Å². The Kier molecular flexibility index (Phi) is 4.19. The standard InChI is InChI=1S/C21H14FN5/c1-24-21-17-9-18(22)16(14-6-4-13(11-23)5-7-14)10-19(17)26-20(27-21)15-3-2-8-25-12-15/h2-10,12H,1H3,(H,24,26,27). The molecule has 1 N–H and O–H groups in total. The van der Waals surface area contributed by atoms with Gasteiger partial charge in [-0.25, -0.2) is 14.4 Å². The summed E-state index contributed by atoms with van der Waals surface area (Å²) >= 11 is 0. The van der Waals surface area contributed by atoms with E-state index in [1.165, 1.54) is 6.07 Å². The summed E-state index contributed by atoms with van der Waals surface area (Å²) in [4.78, 5) is 13.2. The second-order valence-corrected chi connectivity index (χ2v) is 5.93. The Labute approximate surface area is 155 Å². The summed E-state index contributed by atoms with van der Waals surface area (Å²) in [6.45, 7) is 0. The van der Waals surface area contributed by atoms with Crippen molar-refractivity contribution in [3.8, 4) is 28.6 Å². The molecular weight excluding hydrogens is 341 g/mol. The molecule has 0 unspecified atom stereocenters. The molecule has 0 atom stereocenters. The largest absolute Gasteiger partial charge is 0.373 e. The number of pyridine rings is 1. The van der Waals surface area contributed by atoms with Gasteiger partial charge in [0.1, 0.15) is 11.6 Å². The van der Waals surface area contributed by atoms with Crippen LogP contribution < -0.4 is 5.32 Å². The lowest BCUT2D eigenvalue weighted by Crippen LogP contribution is -2.00. The fraction of sp³-hybridized carbons (Fsp3) is 0.0476. The fourth-order valence-electron chi connectivity index (χ4n) is 2.91. The highest BCUT2D eigenvalue weighted by atomic mass is 19.1. The Morgan fingerprint density at radius 3 is 2.52 bits per heavy atom. The summed E-state index contributed by atoms with van der Waals surface area (Å²) < 4.78 is 14.8. The molecule has 0 aliphatic carbocycles. The first-order valence-electron chi connectivity index (χ1n) is 8.29. The van der Waals surface area contributed by atoms with Crippen LogP contribution in [0.15, 0.2) is 60.9 Å². The minimum Gasteiger partial charge on any atom is -0.373 e. The molecule has 2 heterocycles. The molecule has 0 aliphatic heterocycles. The summed E-state index contributed by atoms with van der Waals surface area (Å²) in [6, 6.07) is 15.7. The quantitative estimate of drug-likeness (QED) is 0.589. The fourth-order valence-corrected chi connectivity index (χ4v) is 2.91.